The lowest BCUT2D eigenvalue weighted by Crippen LogP contribution is -2.33. The maximum absolute atomic E-state index is 12.7. The molecule has 0 aromatic rings. The van der Waals surface area contributed by atoms with E-state index in [1.165, 1.54) is 11.6 Å². The second-order valence-electron chi connectivity index (χ2n) is 9.80. The summed E-state index contributed by atoms with van der Waals surface area (Å²) in [5.74, 6) is -0.156. The second kappa shape index (κ2) is 15.1. The highest BCUT2D eigenvalue weighted by atomic mass is 16.5. The fourth-order valence-electron chi connectivity index (χ4n) is 4.26. The predicted octanol–water partition coefficient (Wildman–Crippen LogP) is 6.75. The zero-order valence-corrected chi connectivity index (χ0v) is 21.8. The van der Waals surface area contributed by atoms with Crippen molar-refractivity contribution >= 4 is 11.8 Å². The Morgan fingerprint density at radius 1 is 1.21 bits per heavy atom. The van der Waals surface area contributed by atoms with Crippen LogP contribution in [0, 0.1) is 23.7 Å². The Kier molecular flexibility index (Phi) is 13.3. The van der Waals surface area contributed by atoms with Crippen molar-refractivity contribution in [2.24, 2.45) is 23.7 Å². The number of carbonyl (C=O) groups excluding carboxylic acids is 2. The molecular weight excluding hydrogens is 412 g/mol. The van der Waals surface area contributed by atoms with Gasteiger partial charge in [-0.3, -0.25) is 4.79 Å². The van der Waals surface area contributed by atoms with Crippen molar-refractivity contribution in [1.82, 2.24) is 0 Å². The zero-order valence-electron chi connectivity index (χ0n) is 21.8. The van der Waals surface area contributed by atoms with E-state index in [0.29, 0.717) is 5.92 Å². The molecule has 0 spiro atoms. The molecule has 0 aliphatic carbocycles. The molecule has 1 aliphatic heterocycles. The van der Waals surface area contributed by atoms with Gasteiger partial charge in [-0.05, 0) is 44.4 Å². The monoisotopic (exact) mass is 458 g/mol. The van der Waals surface area contributed by atoms with E-state index in [2.05, 4.69) is 32.1 Å². The summed E-state index contributed by atoms with van der Waals surface area (Å²) in [6.07, 6.45) is 16.8. The molecule has 1 aliphatic rings. The second-order valence-corrected chi connectivity index (χ2v) is 9.80. The van der Waals surface area contributed by atoms with Crippen LogP contribution in [0.4, 0.5) is 0 Å². The number of allylic oxidation sites excluding steroid dienone is 6. The van der Waals surface area contributed by atoms with Gasteiger partial charge in [0.2, 0.25) is 0 Å². The number of Topliss-reactive ketones (excluding diaryl/α,β-unsaturated/α-hetero) is 1. The largest absolute Gasteiger partial charge is 0.459 e. The van der Waals surface area contributed by atoms with Crippen LogP contribution in [0.2, 0.25) is 0 Å². The Balaban J connectivity index is 2.56. The number of esters is 1. The van der Waals surface area contributed by atoms with Gasteiger partial charge in [-0.15, -0.1) is 0 Å². The molecular formula is C29H46O4. The first-order chi connectivity index (χ1) is 15.6. The molecule has 0 fully saturated rings. The first kappa shape index (κ1) is 29.1. The van der Waals surface area contributed by atoms with E-state index in [9.17, 15) is 14.7 Å². The van der Waals surface area contributed by atoms with Gasteiger partial charge >= 0.3 is 5.97 Å². The minimum atomic E-state index is -0.587. The highest BCUT2D eigenvalue weighted by Crippen LogP contribution is 2.22. The smallest absolute Gasteiger partial charge is 0.330 e. The number of cyclic esters (lactones) is 1. The predicted molar refractivity (Wildman–Crippen MR) is 137 cm³/mol. The molecule has 1 heterocycles. The van der Waals surface area contributed by atoms with Crippen molar-refractivity contribution in [2.45, 2.75) is 99.2 Å². The first-order valence-corrected chi connectivity index (χ1v) is 12.7. The SMILES string of the molecule is CC/C(=C/[C@H](C)C/C=C/C(C)=C/[C@@H](C)C(=O)[C@@H](C)[C@H](O)[C@@H](C)CC)CC[C@H]1CC=CC(=O)O1. The molecule has 1 rings (SSSR count). The molecule has 6 atom stereocenters. The van der Waals surface area contributed by atoms with Gasteiger partial charge in [-0.25, -0.2) is 4.79 Å². The third-order valence-electron chi connectivity index (χ3n) is 6.74. The number of ketones is 1. The van der Waals surface area contributed by atoms with Gasteiger partial charge in [0.05, 0.1) is 6.10 Å². The quantitative estimate of drug-likeness (QED) is 0.178. The van der Waals surface area contributed by atoms with E-state index in [1.54, 1.807) is 0 Å². The van der Waals surface area contributed by atoms with E-state index in [1.807, 2.05) is 46.8 Å². The van der Waals surface area contributed by atoms with Crippen LogP contribution in [-0.2, 0) is 14.3 Å². The number of carbonyl (C=O) groups is 2. The summed E-state index contributed by atoms with van der Waals surface area (Å²) < 4.78 is 5.36. The van der Waals surface area contributed by atoms with Crippen LogP contribution in [0.3, 0.4) is 0 Å². The summed E-state index contributed by atoms with van der Waals surface area (Å²) in [7, 11) is 0. The number of hydrogen-bond acceptors (Lipinski definition) is 4. The summed E-state index contributed by atoms with van der Waals surface area (Å²) >= 11 is 0. The van der Waals surface area contributed by atoms with Gasteiger partial charge in [0.15, 0.2) is 0 Å². The molecule has 0 bridgehead atoms. The highest BCUT2D eigenvalue weighted by molar-refractivity contribution is 5.85. The Morgan fingerprint density at radius 2 is 1.91 bits per heavy atom. The topological polar surface area (TPSA) is 63.6 Å². The van der Waals surface area contributed by atoms with Crippen LogP contribution in [0.15, 0.2) is 47.6 Å². The lowest BCUT2D eigenvalue weighted by Gasteiger charge is -2.24. The fraction of sp³-hybridized carbons (Fsp3) is 0.655. The molecule has 0 radical (unpaired) electrons. The Hall–Kier alpha value is -1.94. The van der Waals surface area contributed by atoms with E-state index in [-0.39, 0.29) is 35.6 Å². The van der Waals surface area contributed by atoms with Gasteiger partial charge in [0, 0.05) is 24.3 Å². The van der Waals surface area contributed by atoms with Gasteiger partial charge < -0.3 is 9.84 Å². The zero-order chi connectivity index (χ0) is 25.0. The van der Waals surface area contributed by atoms with Crippen molar-refractivity contribution in [3.05, 3.63) is 47.6 Å². The number of rotatable bonds is 14. The van der Waals surface area contributed by atoms with Gasteiger partial charge in [0.25, 0.3) is 0 Å². The van der Waals surface area contributed by atoms with E-state index in [4.69, 9.17) is 4.74 Å². The van der Waals surface area contributed by atoms with Crippen molar-refractivity contribution in [3.8, 4) is 0 Å². The minimum Gasteiger partial charge on any atom is -0.459 e. The van der Waals surface area contributed by atoms with E-state index in [0.717, 1.165) is 44.1 Å². The van der Waals surface area contributed by atoms with Crippen molar-refractivity contribution < 1.29 is 19.4 Å². The number of hydrogen-bond donors (Lipinski definition) is 1. The Morgan fingerprint density at radius 3 is 2.52 bits per heavy atom. The van der Waals surface area contributed by atoms with Crippen LogP contribution in [0.5, 0.6) is 0 Å². The van der Waals surface area contributed by atoms with Gasteiger partial charge in [0.1, 0.15) is 11.9 Å². The summed E-state index contributed by atoms with van der Waals surface area (Å²) in [4.78, 5) is 24.1. The normalized spacial score (nSPS) is 22.1. The molecule has 4 nitrogen and oxygen atoms in total. The van der Waals surface area contributed by atoms with Crippen LogP contribution in [0.1, 0.15) is 87.0 Å². The molecule has 0 aromatic carbocycles. The Labute approximate surface area is 201 Å². The molecule has 1 N–H and O–H groups in total. The lowest BCUT2D eigenvalue weighted by molar-refractivity contribution is -0.144. The average molecular weight is 459 g/mol. The molecule has 186 valence electrons. The van der Waals surface area contributed by atoms with Crippen molar-refractivity contribution in [2.75, 3.05) is 0 Å². The van der Waals surface area contributed by atoms with E-state index >= 15 is 0 Å². The average Bonchev–Trinajstić information content (AvgIpc) is 2.79. The van der Waals surface area contributed by atoms with Gasteiger partial charge in [-0.1, -0.05) is 89.5 Å². The van der Waals surface area contributed by atoms with Crippen LogP contribution < -0.4 is 0 Å². The molecule has 4 heteroatoms. The summed E-state index contributed by atoms with van der Waals surface area (Å²) in [6, 6.07) is 0. The molecule has 0 aromatic heterocycles. The third kappa shape index (κ3) is 10.7. The molecule has 0 saturated heterocycles. The Bertz CT molecular complexity index is 743. The van der Waals surface area contributed by atoms with Crippen molar-refractivity contribution in [3.63, 3.8) is 0 Å². The summed E-state index contributed by atoms with van der Waals surface area (Å²) in [5.41, 5.74) is 2.47. The molecule has 33 heavy (non-hydrogen) atoms. The number of aliphatic hydroxyl groups is 1. The number of ether oxygens (including phenoxy) is 1. The molecule has 0 saturated carbocycles. The maximum Gasteiger partial charge on any atom is 0.330 e. The van der Waals surface area contributed by atoms with Crippen LogP contribution in [0.25, 0.3) is 0 Å². The lowest BCUT2D eigenvalue weighted by atomic mass is 9.84. The molecule has 0 amide bonds. The maximum atomic E-state index is 12.7. The summed E-state index contributed by atoms with van der Waals surface area (Å²) in [6.45, 7) is 14.2. The van der Waals surface area contributed by atoms with Crippen LogP contribution in [-0.4, -0.2) is 29.1 Å². The number of aliphatic hydroxyl groups excluding tert-OH is 1. The summed E-state index contributed by atoms with van der Waals surface area (Å²) in [5, 5.41) is 10.4. The van der Waals surface area contributed by atoms with E-state index < -0.39 is 6.10 Å². The highest BCUT2D eigenvalue weighted by Gasteiger charge is 2.28. The third-order valence-corrected chi connectivity index (χ3v) is 6.74. The van der Waals surface area contributed by atoms with Crippen molar-refractivity contribution in [1.29, 1.82) is 0 Å². The fourth-order valence-corrected chi connectivity index (χ4v) is 4.26. The molecule has 0 unspecified atom stereocenters. The first-order valence-electron chi connectivity index (χ1n) is 12.7. The minimum absolute atomic E-state index is 0.000783. The standard InChI is InChI=1S/C29H46O4/c1-8-22(5)28(31)24(7)29(32)23(6)18-20(3)12-10-13-21(4)19-25(9-2)16-17-26-14-11-15-27(30)33-26/h10-12,15,18-19,21-24,26,28,31H,8-9,13-14,16-17H2,1-7H3/b12-10+,20-18+,25-19-/t21-,22+,23-,24+,26-,28-/m1/s1. The van der Waals surface area contributed by atoms with Crippen LogP contribution >= 0.6 is 0 Å². The van der Waals surface area contributed by atoms with Gasteiger partial charge in [-0.2, -0.15) is 0 Å².